The average molecular weight is 224 g/mol. The Bertz CT molecular complexity index is 284. The Labute approximate surface area is 97.0 Å². The van der Waals surface area contributed by atoms with Crippen LogP contribution in [0.25, 0.3) is 0 Å². The molecule has 0 unspecified atom stereocenters. The highest BCUT2D eigenvalue weighted by Gasteiger charge is 2.02. The van der Waals surface area contributed by atoms with Crippen molar-refractivity contribution in [2.75, 3.05) is 13.2 Å². The van der Waals surface area contributed by atoms with Crippen LogP contribution in [-0.4, -0.2) is 18.3 Å². The van der Waals surface area contributed by atoms with Crippen molar-refractivity contribution >= 4 is 0 Å². The van der Waals surface area contributed by atoms with Crippen LogP contribution in [0.2, 0.25) is 0 Å². The molecule has 1 N–H and O–H groups in total. The van der Waals surface area contributed by atoms with Crippen molar-refractivity contribution in [1.29, 1.82) is 0 Å². The van der Waals surface area contributed by atoms with Crippen LogP contribution in [0.15, 0.2) is 18.2 Å². The second-order valence-electron chi connectivity index (χ2n) is 3.67. The molecule has 0 atom stereocenters. The van der Waals surface area contributed by atoms with Crippen LogP contribution >= 0.6 is 0 Å². The normalized spacial score (nSPS) is 10.2. The summed E-state index contributed by atoms with van der Waals surface area (Å²) in [5.41, 5.74) is 0.819. The number of hydrogen-bond donors (Lipinski definition) is 1. The van der Waals surface area contributed by atoms with Crippen molar-refractivity contribution < 1.29 is 14.6 Å². The van der Waals surface area contributed by atoms with Gasteiger partial charge in [-0.1, -0.05) is 13.8 Å². The molecule has 90 valence electrons. The number of aliphatic hydroxyl groups excluding tert-OH is 1. The van der Waals surface area contributed by atoms with E-state index in [1.807, 2.05) is 18.2 Å². The smallest absolute Gasteiger partial charge is 0.123 e. The molecule has 3 heteroatoms. The van der Waals surface area contributed by atoms with Gasteiger partial charge in [0.25, 0.3) is 0 Å². The Balaban J connectivity index is 2.74. The van der Waals surface area contributed by atoms with Gasteiger partial charge in [0.1, 0.15) is 11.5 Å². The standard InChI is InChI=1S/C13H20O3/c1-3-5-15-12-7-11(10-14)8-13(9-12)16-6-4-2/h7-9,14H,3-6,10H2,1-2H3. The van der Waals surface area contributed by atoms with Gasteiger partial charge in [-0.3, -0.25) is 0 Å². The highest BCUT2D eigenvalue weighted by atomic mass is 16.5. The molecule has 0 saturated heterocycles. The quantitative estimate of drug-likeness (QED) is 0.774. The Hall–Kier alpha value is -1.22. The summed E-state index contributed by atoms with van der Waals surface area (Å²) in [6.07, 6.45) is 1.93. The first-order valence-electron chi connectivity index (χ1n) is 5.80. The first-order chi connectivity index (χ1) is 7.80. The summed E-state index contributed by atoms with van der Waals surface area (Å²) < 4.78 is 11.1. The maximum atomic E-state index is 9.13. The van der Waals surface area contributed by atoms with Gasteiger partial charge in [-0.2, -0.15) is 0 Å². The second kappa shape index (κ2) is 7.12. The van der Waals surface area contributed by atoms with Gasteiger partial charge in [0.05, 0.1) is 19.8 Å². The summed E-state index contributed by atoms with van der Waals surface area (Å²) in [5.74, 6) is 1.53. The van der Waals surface area contributed by atoms with E-state index in [-0.39, 0.29) is 6.61 Å². The first-order valence-corrected chi connectivity index (χ1v) is 5.80. The Morgan fingerprint density at radius 1 is 0.938 bits per heavy atom. The number of ether oxygens (including phenoxy) is 2. The molecule has 0 heterocycles. The minimum absolute atomic E-state index is 0.00576. The third-order valence-corrected chi connectivity index (χ3v) is 2.07. The SMILES string of the molecule is CCCOc1cc(CO)cc(OCCC)c1. The molecule has 0 bridgehead atoms. The molecular formula is C13H20O3. The highest BCUT2D eigenvalue weighted by Crippen LogP contribution is 2.23. The molecule has 1 aromatic carbocycles. The zero-order chi connectivity index (χ0) is 11.8. The van der Waals surface area contributed by atoms with Crippen molar-refractivity contribution in [2.45, 2.75) is 33.3 Å². The predicted molar refractivity (Wildman–Crippen MR) is 63.9 cm³/mol. The fraction of sp³-hybridized carbons (Fsp3) is 0.538. The summed E-state index contributed by atoms with van der Waals surface area (Å²) in [7, 11) is 0. The summed E-state index contributed by atoms with van der Waals surface area (Å²) in [6, 6.07) is 5.55. The van der Waals surface area contributed by atoms with Crippen molar-refractivity contribution in [1.82, 2.24) is 0 Å². The maximum Gasteiger partial charge on any atom is 0.123 e. The van der Waals surface area contributed by atoms with E-state index in [0.717, 1.165) is 29.9 Å². The molecule has 16 heavy (non-hydrogen) atoms. The largest absolute Gasteiger partial charge is 0.493 e. The number of rotatable bonds is 7. The van der Waals surface area contributed by atoms with E-state index < -0.39 is 0 Å². The Morgan fingerprint density at radius 3 is 1.81 bits per heavy atom. The van der Waals surface area contributed by atoms with Gasteiger partial charge in [-0.25, -0.2) is 0 Å². The van der Waals surface area contributed by atoms with Crippen molar-refractivity contribution in [3.8, 4) is 11.5 Å². The van der Waals surface area contributed by atoms with Gasteiger partial charge in [-0.05, 0) is 30.5 Å². The van der Waals surface area contributed by atoms with Crippen LogP contribution in [0.5, 0.6) is 11.5 Å². The lowest BCUT2D eigenvalue weighted by Crippen LogP contribution is -1.99. The predicted octanol–water partition coefficient (Wildman–Crippen LogP) is 2.76. The fourth-order valence-electron chi connectivity index (χ4n) is 1.33. The van der Waals surface area contributed by atoms with Crippen LogP contribution in [0, 0.1) is 0 Å². The average Bonchev–Trinajstić information content (AvgIpc) is 2.33. The van der Waals surface area contributed by atoms with Gasteiger partial charge < -0.3 is 14.6 Å². The molecule has 0 amide bonds. The maximum absolute atomic E-state index is 9.13. The molecule has 0 spiro atoms. The molecule has 0 radical (unpaired) electrons. The second-order valence-corrected chi connectivity index (χ2v) is 3.67. The number of benzene rings is 1. The molecule has 1 aromatic rings. The minimum Gasteiger partial charge on any atom is -0.493 e. The van der Waals surface area contributed by atoms with Crippen molar-refractivity contribution in [3.05, 3.63) is 23.8 Å². The van der Waals surface area contributed by atoms with E-state index in [1.54, 1.807) is 0 Å². The van der Waals surface area contributed by atoms with Crippen LogP contribution in [0.4, 0.5) is 0 Å². The van der Waals surface area contributed by atoms with E-state index >= 15 is 0 Å². The lowest BCUT2D eigenvalue weighted by molar-refractivity contribution is 0.274. The Morgan fingerprint density at radius 2 is 1.44 bits per heavy atom. The summed E-state index contributed by atoms with van der Waals surface area (Å²) in [6.45, 7) is 5.49. The third-order valence-electron chi connectivity index (χ3n) is 2.07. The minimum atomic E-state index is 0.00576. The fourth-order valence-corrected chi connectivity index (χ4v) is 1.33. The van der Waals surface area contributed by atoms with Crippen LogP contribution < -0.4 is 9.47 Å². The van der Waals surface area contributed by atoms with E-state index in [0.29, 0.717) is 13.2 Å². The molecule has 1 rings (SSSR count). The van der Waals surface area contributed by atoms with Crippen molar-refractivity contribution in [2.24, 2.45) is 0 Å². The van der Waals surface area contributed by atoms with E-state index in [2.05, 4.69) is 13.8 Å². The molecule has 0 fully saturated rings. The molecule has 0 aliphatic heterocycles. The van der Waals surface area contributed by atoms with Gasteiger partial charge in [0, 0.05) is 6.07 Å². The topological polar surface area (TPSA) is 38.7 Å². The van der Waals surface area contributed by atoms with Crippen LogP contribution in [0.3, 0.4) is 0 Å². The van der Waals surface area contributed by atoms with Crippen molar-refractivity contribution in [3.63, 3.8) is 0 Å². The van der Waals surface area contributed by atoms with Crippen LogP contribution in [-0.2, 0) is 6.61 Å². The van der Waals surface area contributed by atoms with Crippen LogP contribution in [0.1, 0.15) is 32.3 Å². The number of aliphatic hydroxyl groups is 1. The van der Waals surface area contributed by atoms with Gasteiger partial charge in [-0.15, -0.1) is 0 Å². The molecule has 0 saturated carbocycles. The molecule has 0 aromatic heterocycles. The summed E-state index contributed by atoms with van der Waals surface area (Å²) in [5, 5.41) is 9.13. The molecule has 3 nitrogen and oxygen atoms in total. The van der Waals surface area contributed by atoms with Gasteiger partial charge >= 0.3 is 0 Å². The molecule has 0 aliphatic rings. The highest BCUT2D eigenvalue weighted by molar-refractivity contribution is 5.38. The lowest BCUT2D eigenvalue weighted by atomic mass is 10.2. The zero-order valence-electron chi connectivity index (χ0n) is 10.0. The van der Waals surface area contributed by atoms with Gasteiger partial charge in [0.15, 0.2) is 0 Å². The molecule has 0 aliphatic carbocycles. The monoisotopic (exact) mass is 224 g/mol. The zero-order valence-corrected chi connectivity index (χ0v) is 10.0. The summed E-state index contributed by atoms with van der Waals surface area (Å²) in [4.78, 5) is 0. The first kappa shape index (κ1) is 12.8. The number of hydrogen-bond acceptors (Lipinski definition) is 3. The molecular weight excluding hydrogens is 204 g/mol. The van der Waals surface area contributed by atoms with E-state index in [4.69, 9.17) is 14.6 Å². The van der Waals surface area contributed by atoms with Gasteiger partial charge in [0.2, 0.25) is 0 Å². The van der Waals surface area contributed by atoms with E-state index in [9.17, 15) is 0 Å². The lowest BCUT2D eigenvalue weighted by Gasteiger charge is -2.10. The Kier molecular flexibility index (Phi) is 5.72. The third kappa shape index (κ3) is 4.11. The van der Waals surface area contributed by atoms with E-state index in [1.165, 1.54) is 0 Å². The summed E-state index contributed by atoms with van der Waals surface area (Å²) >= 11 is 0.